The average molecular weight is 298 g/mol. The zero-order valence-electron chi connectivity index (χ0n) is 10.3. The molecule has 1 heterocycles. The van der Waals surface area contributed by atoms with Crippen molar-refractivity contribution >= 4 is 33.6 Å². The van der Waals surface area contributed by atoms with Crippen molar-refractivity contribution in [3.8, 4) is 0 Å². The second kappa shape index (κ2) is 5.25. The molecule has 0 aliphatic carbocycles. The molecule has 8 nitrogen and oxygen atoms in total. The third-order valence-corrected chi connectivity index (χ3v) is 2.60. The Balaban J connectivity index is 2.31. The van der Waals surface area contributed by atoms with Gasteiger partial charge in [0.15, 0.2) is 0 Å². The topological polar surface area (TPSA) is 123 Å². The first-order chi connectivity index (χ1) is 9.33. The lowest BCUT2D eigenvalue weighted by Gasteiger charge is -2.08. The van der Waals surface area contributed by atoms with Crippen molar-refractivity contribution in [3.05, 3.63) is 30.1 Å². The molecule has 0 amide bonds. The van der Waals surface area contributed by atoms with Crippen LogP contribution in [0, 0.1) is 5.82 Å². The number of nitrogens with one attached hydrogen (secondary N) is 2. The molecular weight excluding hydrogens is 287 g/mol. The SMILES string of the molecule is CS(=O)(=O)Nc1nc(N)nc(Nc2ccccc2F)n1. The molecule has 1 aromatic carbocycles. The van der Waals surface area contributed by atoms with Gasteiger partial charge in [0, 0.05) is 0 Å². The lowest BCUT2D eigenvalue weighted by molar-refractivity contribution is 0.606. The van der Waals surface area contributed by atoms with E-state index in [4.69, 9.17) is 5.73 Å². The highest BCUT2D eigenvalue weighted by Gasteiger charge is 2.10. The number of anilines is 4. The number of nitrogens with zero attached hydrogens (tertiary/aromatic N) is 3. The lowest BCUT2D eigenvalue weighted by atomic mass is 10.3. The number of sulfonamides is 1. The Labute approximate surface area is 114 Å². The number of halogens is 1. The standard InChI is InChI=1S/C10H11FN6O2S/c1-20(18,19)17-10-15-8(12)14-9(16-10)13-7-5-3-2-4-6(7)11/h2-5H,1H3,(H4,12,13,14,15,16,17). The van der Waals surface area contributed by atoms with Crippen molar-refractivity contribution in [2.75, 3.05) is 22.0 Å². The highest BCUT2D eigenvalue weighted by Crippen LogP contribution is 2.18. The third kappa shape index (κ3) is 3.75. The Hall–Kier alpha value is -2.49. The van der Waals surface area contributed by atoms with Crippen LogP contribution in [0.2, 0.25) is 0 Å². The van der Waals surface area contributed by atoms with Crippen molar-refractivity contribution in [1.82, 2.24) is 15.0 Å². The minimum atomic E-state index is -3.55. The molecule has 0 bridgehead atoms. The van der Waals surface area contributed by atoms with Gasteiger partial charge in [0.05, 0.1) is 11.9 Å². The zero-order chi connectivity index (χ0) is 14.8. The van der Waals surface area contributed by atoms with Crippen molar-refractivity contribution in [1.29, 1.82) is 0 Å². The van der Waals surface area contributed by atoms with E-state index in [1.807, 2.05) is 0 Å². The predicted octanol–water partition coefficient (Wildman–Crippen LogP) is 0.708. The van der Waals surface area contributed by atoms with Crippen molar-refractivity contribution < 1.29 is 12.8 Å². The van der Waals surface area contributed by atoms with E-state index in [-0.39, 0.29) is 23.5 Å². The highest BCUT2D eigenvalue weighted by atomic mass is 32.2. The number of para-hydroxylation sites is 1. The average Bonchev–Trinajstić information content (AvgIpc) is 2.29. The first kappa shape index (κ1) is 13.9. The van der Waals surface area contributed by atoms with Gasteiger partial charge in [0.25, 0.3) is 0 Å². The van der Waals surface area contributed by atoms with E-state index in [0.29, 0.717) is 0 Å². The van der Waals surface area contributed by atoms with Crippen LogP contribution in [0.4, 0.5) is 27.9 Å². The summed E-state index contributed by atoms with van der Waals surface area (Å²) in [6.45, 7) is 0. The number of rotatable bonds is 4. The Morgan fingerprint density at radius 2 is 1.80 bits per heavy atom. The predicted molar refractivity (Wildman–Crippen MR) is 72.4 cm³/mol. The summed E-state index contributed by atoms with van der Waals surface area (Å²) >= 11 is 0. The minimum Gasteiger partial charge on any atom is -0.368 e. The molecule has 0 radical (unpaired) electrons. The van der Waals surface area contributed by atoms with Crippen LogP contribution < -0.4 is 15.8 Å². The van der Waals surface area contributed by atoms with Crippen molar-refractivity contribution in [2.45, 2.75) is 0 Å². The van der Waals surface area contributed by atoms with Crippen LogP contribution in [-0.4, -0.2) is 29.6 Å². The fourth-order valence-electron chi connectivity index (χ4n) is 1.34. The van der Waals surface area contributed by atoms with Gasteiger partial charge in [-0.25, -0.2) is 12.8 Å². The molecule has 2 aromatic rings. The smallest absolute Gasteiger partial charge is 0.243 e. The van der Waals surface area contributed by atoms with Crippen LogP contribution >= 0.6 is 0 Å². The molecule has 0 atom stereocenters. The molecule has 0 saturated heterocycles. The molecule has 0 saturated carbocycles. The molecular formula is C10H11FN6O2S. The minimum absolute atomic E-state index is 0.0752. The lowest BCUT2D eigenvalue weighted by Crippen LogP contribution is -2.14. The maximum absolute atomic E-state index is 13.5. The number of nitrogens with two attached hydrogens (primary N) is 1. The van der Waals surface area contributed by atoms with Gasteiger partial charge in [-0.15, -0.1) is 0 Å². The first-order valence-electron chi connectivity index (χ1n) is 5.34. The summed E-state index contributed by atoms with van der Waals surface area (Å²) in [7, 11) is -3.55. The zero-order valence-corrected chi connectivity index (χ0v) is 11.1. The van der Waals surface area contributed by atoms with Crippen LogP contribution in [0.15, 0.2) is 24.3 Å². The molecule has 0 spiro atoms. The van der Waals surface area contributed by atoms with Crippen molar-refractivity contribution in [2.24, 2.45) is 0 Å². The van der Waals surface area contributed by atoms with Gasteiger partial charge in [-0.3, -0.25) is 4.72 Å². The summed E-state index contributed by atoms with van der Waals surface area (Å²) in [5.41, 5.74) is 5.57. The summed E-state index contributed by atoms with van der Waals surface area (Å²) in [6.07, 6.45) is 0.941. The molecule has 2 rings (SSSR count). The summed E-state index contributed by atoms with van der Waals surface area (Å²) in [6, 6.07) is 5.87. The monoisotopic (exact) mass is 298 g/mol. The summed E-state index contributed by atoms with van der Waals surface area (Å²) in [5, 5.41) is 2.59. The van der Waals surface area contributed by atoms with Gasteiger partial charge < -0.3 is 11.1 Å². The number of hydrogen-bond donors (Lipinski definition) is 3. The van der Waals surface area contributed by atoms with Gasteiger partial charge in [-0.2, -0.15) is 15.0 Å². The second-order valence-electron chi connectivity index (χ2n) is 3.82. The second-order valence-corrected chi connectivity index (χ2v) is 5.57. The molecule has 0 aliphatic heterocycles. The molecule has 0 unspecified atom stereocenters. The highest BCUT2D eigenvalue weighted by molar-refractivity contribution is 7.91. The largest absolute Gasteiger partial charge is 0.368 e. The maximum Gasteiger partial charge on any atom is 0.243 e. The molecule has 10 heteroatoms. The quantitative estimate of drug-likeness (QED) is 0.759. The summed E-state index contributed by atoms with van der Waals surface area (Å²) < 4.78 is 37.7. The Morgan fingerprint density at radius 3 is 2.45 bits per heavy atom. The van der Waals surface area contributed by atoms with E-state index in [2.05, 4.69) is 25.0 Å². The van der Waals surface area contributed by atoms with E-state index >= 15 is 0 Å². The van der Waals surface area contributed by atoms with Crippen LogP contribution in [0.3, 0.4) is 0 Å². The van der Waals surface area contributed by atoms with Gasteiger partial charge >= 0.3 is 0 Å². The molecule has 0 aliphatic rings. The van der Waals surface area contributed by atoms with Gasteiger partial charge in [-0.1, -0.05) is 12.1 Å². The summed E-state index contributed by atoms with van der Waals surface area (Å²) in [4.78, 5) is 11.1. The van der Waals surface area contributed by atoms with E-state index in [1.165, 1.54) is 18.2 Å². The number of aromatic nitrogens is 3. The molecule has 1 aromatic heterocycles. The third-order valence-electron chi connectivity index (χ3n) is 2.05. The van der Waals surface area contributed by atoms with E-state index in [1.54, 1.807) is 6.07 Å². The van der Waals surface area contributed by atoms with E-state index in [9.17, 15) is 12.8 Å². The first-order valence-corrected chi connectivity index (χ1v) is 7.23. The Bertz CT molecular complexity index is 736. The number of benzene rings is 1. The molecule has 106 valence electrons. The van der Waals surface area contributed by atoms with Gasteiger partial charge in [-0.05, 0) is 12.1 Å². The van der Waals surface area contributed by atoms with Crippen LogP contribution in [0.25, 0.3) is 0 Å². The van der Waals surface area contributed by atoms with Crippen LogP contribution in [0.5, 0.6) is 0 Å². The number of nitrogen functional groups attached to an aromatic ring is 1. The molecule has 0 fully saturated rings. The fourth-order valence-corrected chi connectivity index (χ4v) is 1.77. The maximum atomic E-state index is 13.5. The number of hydrogen-bond acceptors (Lipinski definition) is 7. The van der Waals surface area contributed by atoms with Crippen molar-refractivity contribution in [3.63, 3.8) is 0 Å². The fraction of sp³-hybridized carbons (Fsp3) is 0.100. The molecule has 20 heavy (non-hydrogen) atoms. The normalized spacial score (nSPS) is 11.1. The van der Waals surface area contributed by atoms with Gasteiger partial charge in [0.1, 0.15) is 5.82 Å². The van der Waals surface area contributed by atoms with Gasteiger partial charge in [0.2, 0.25) is 27.9 Å². The summed E-state index contributed by atoms with van der Waals surface area (Å²) in [5.74, 6) is -1.04. The van der Waals surface area contributed by atoms with E-state index in [0.717, 1.165) is 6.26 Å². The Kier molecular flexibility index (Phi) is 3.66. The Morgan fingerprint density at radius 1 is 1.15 bits per heavy atom. The van der Waals surface area contributed by atoms with Crippen LogP contribution in [-0.2, 0) is 10.0 Å². The van der Waals surface area contributed by atoms with E-state index < -0.39 is 15.8 Å². The molecule has 4 N–H and O–H groups in total. The van der Waals surface area contributed by atoms with Crippen LogP contribution in [0.1, 0.15) is 0 Å².